The number of hydrogen-bond donors (Lipinski definition) is 1. The maximum atomic E-state index is 12.5. The van der Waals surface area contributed by atoms with Gasteiger partial charge in [-0.2, -0.15) is 0 Å². The van der Waals surface area contributed by atoms with E-state index in [1.54, 1.807) is 6.26 Å². The minimum absolute atomic E-state index is 0.0138. The van der Waals surface area contributed by atoms with Crippen molar-refractivity contribution < 1.29 is 23.8 Å². The predicted molar refractivity (Wildman–Crippen MR) is 122 cm³/mol. The summed E-state index contributed by atoms with van der Waals surface area (Å²) in [5.74, 6) is 0.548. The highest BCUT2D eigenvalue weighted by molar-refractivity contribution is 6.11. The molecule has 1 aromatic heterocycles. The Morgan fingerprint density at radius 3 is 2.78 bits per heavy atom. The fourth-order valence-electron chi connectivity index (χ4n) is 4.97. The van der Waals surface area contributed by atoms with Crippen LogP contribution in [0.25, 0.3) is 21.7 Å². The largest absolute Gasteiger partial charge is 0.492 e. The molecule has 2 fully saturated rings. The first-order valence-electron chi connectivity index (χ1n) is 11.5. The van der Waals surface area contributed by atoms with Gasteiger partial charge in [-0.1, -0.05) is 6.07 Å². The lowest BCUT2D eigenvalue weighted by Crippen LogP contribution is -2.43. The molecule has 0 spiro atoms. The topological polar surface area (TPSA) is 80.0 Å². The molecule has 1 N–H and O–H groups in total. The van der Waals surface area contributed by atoms with Gasteiger partial charge >= 0.3 is 0 Å². The molecule has 2 aromatic carbocycles. The van der Waals surface area contributed by atoms with E-state index in [9.17, 15) is 14.7 Å². The third-order valence-electron chi connectivity index (χ3n) is 7.01. The van der Waals surface area contributed by atoms with Crippen LogP contribution in [0.3, 0.4) is 0 Å². The number of fused-ring (bicyclic) bond motifs is 3. The van der Waals surface area contributed by atoms with E-state index < -0.39 is 5.60 Å². The number of benzene rings is 2. The average molecular weight is 436 g/mol. The Labute approximate surface area is 187 Å². The molecule has 5 rings (SSSR count). The van der Waals surface area contributed by atoms with E-state index >= 15 is 0 Å². The van der Waals surface area contributed by atoms with Crippen LogP contribution in [0.5, 0.6) is 5.75 Å². The van der Waals surface area contributed by atoms with Gasteiger partial charge in [-0.05, 0) is 61.2 Å². The van der Waals surface area contributed by atoms with E-state index in [1.165, 1.54) is 0 Å². The van der Waals surface area contributed by atoms with Gasteiger partial charge in [0.2, 0.25) is 0 Å². The molecular formula is C26H29NO5. The van der Waals surface area contributed by atoms with E-state index in [4.69, 9.17) is 9.15 Å². The third kappa shape index (κ3) is 4.17. The number of piperidine rings is 1. The lowest BCUT2D eigenvalue weighted by molar-refractivity contribution is -0.130. The molecule has 32 heavy (non-hydrogen) atoms. The molecule has 1 saturated heterocycles. The summed E-state index contributed by atoms with van der Waals surface area (Å²) in [6.07, 6.45) is 4.29. The van der Waals surface area contributed by atoms with Gasteiger partial charge < -0.3 is 14.3 Å². The summed E-state index contributed by atoms with van der Waals surface area (Å²) >= 11 is 0. The number of carbonyl (C=O) groups excluding carboxylic acids is 2. The van der Waals surface area contributed by atoms with Crippen LogP contribution in [0.2, 0.25) is 0 Å². The van der Waals surface area contributed by atoms with E-state index in [2.05, 4.69) is 4.90 Å². The van der Waals surface area contributed by atoms with Gasteiger partial charge in [0.15, 0.2) is 0 Å². The molecule has 168 valence electrons. The van der Waals surface area contributed by atoms with Crippen molar-refractivity contribution in [1.29, 1.82) is 0 Å². The molecule has 6 nitrogen and oxygen atoms in total. The molecule has 6 heteroatoms. The van der Waals surface area contributed by atoms with E-state index in [0.29, 0.717) is 19.4 Å². The molecule has 1 aliphatic heterocycles. The Hall–Kier alpha value is -2.70. The van der Waals surface area contributed by atoms with Crippen LogP contribution in [0.1, 0.15) is 50.5 Å². The SMILES string of the molecule is CC1(O)CCN(CCOc2ccc3c(ccc4occ(C5CCC(=O)CC5=O)c43)c2)CC1. The second-order valence-corrected chi connectivity index (χ2v) is 9.47. The maximum Gasteiger partial charge on any atom is 0.147 e. The number of nitrogens with zero attached hydrogens (tertiary/aromatic N) is 1. The minimum Gasteiger partial charge on any atom is -0.492 e. The molecule has 1 saturated carbocycles. The van der Waals surface area contributed by atoms with Gasteiger partial charge in [-0.15, -0.1) is 0 Å². The summed E-state index contributed by atoms with van der Waals surface area (Å²) in [5, 5.41) is 13.1. The summed E-state index contributed by atoms with van der Waals surface area (Å²) < 4.78 is 11.8. The summed E-state index contributed by atoms with van der Waals surface area (Å²) in [5.41, 5.74) is 1.11. The zero-order valence-corrected chi connectivity index (χ0v) is 18.4. The third-order valence-corrected chi connectivity index (χ3v) is 7.01. The van der Waals surface area contributed by atoms with Crippen molar-refractivity contribution in [2.45, 2.75) is 50.5 Å². The van der Waals surface area contributed by atoms with Crippen molar-refractivity contribution in [2.75, 3.05) is 26.2 Å². The Balaban J connectivity index is 1.33. The smallest absolute Gasteiger partial charge is 0.147 e. The normalized spacial score (nSPS) is 22.0. The quantitative estimate of drug-likeness (QED) is 0.605. The fraction of sp³-hybridized carbons (Fsp3) is 0.462. The van der Waals surface area contributed by atoms with Gasteiger partial charge in [0.25, 0.3) is 0 Å². The molecule has 2 heterocycles. The van der Waals surface area contributed by atoms with Crippen LogP contribution in [0.4, 0.5) is 0 Å². The van der Waals surface area contributed by atoms with Gasteiger partial charge in [-0.3, -0.25) is 14.5 Å². The Morgan fingerprint density at radius 2 is 2.00 bits per heavy atom. The standard InChI is InChI=1S/C26H29NO5/c1-26(30)8-10-27(11-9-26)12-13-31-19-4-6-20-17(14-19)2-7-24-25(20)22(16-32-24)21-5-3-18(28)15-23(21)29/h2,4,6-7,14,16,21,30H,3,5,8-13,15H2,1H3. The molecule has 0 bridgehead atoms. The Bertz CT molecular complexity index is 1170. The van der Waals surface area contributed by atoms with Crippen molar-refractivity contribution in [2.24, 2.45) is 0 Å². The Morgan fingerprint density at radius 1 is 1.19 bits per heavy atom. The monoisotopic (exact) mass is 435 g/mol. The summed E-state index contributed by atoms with van der Waals surface area (Å²) in [7, 11) is 0. The number of ketones is 2. The van der Waals surface area contributed by atoms with E-state index in [-0.39, 0.29) is 23.9 Å². The van der Waals surface area contributed by atoms with Crippen LogP contribution >= 0.6 is 0 Å². The zero-order valence-electron chi connectivity index (χ0n) is 18.4. The molecule has 1 unspecified atom stereocenters. The highest BCUT2D eigenvalue weighted by Gasteiger charge is 2.31. The summed E-state index contributed by atoms with van der Waals surface area (Å²) in [6, 6.07) is 9.97. The molecule has 2 aliphatic rings. The lowest BCUT2D eigenvalue weighted by atomic mass is 9.81. The number of ether oxygens (including phenoxy) is 1. The molecular weight excluding hydrogens is 406 g/mol. The second-order valence-electron chi connectivity index (χ2n) is 9.47. The van der Waals surface area contributed by atoms with Crippen LogP contribution in [0, 0.1) is 0 Å². The number of rotatable bonds is 5. The summed E-state index contributed by atoms with van der Waals surface area (Å²) in [6.45, 7) is 5.11. The fourth-order valence-corrected chi connectivity index (χ4v) is 4.97. The molecule has 0 amide bonds. The highest BCUT2D eigenvalue weighted by atomic mass is 16.5. The van der Waals surface area contributed by atoms with Crippen molar-refractivity contribution in [1.82, 2.24) is 4.90 Å². The van der Waals surface area contributed by atoms with Crippen LogP contribution in [-0.2, 0) is 9.59 Å². The predicted octanol–water partition coefficient (Wildman–Crippen LogP) is 4.22. The Kier molecular flexibility index (Phi) is 5.51. The van der Waals surface area contributed by atoms with Crippen LogP contribution in [0.15, 0.2) is 41.0 Å². The zero-order chi connectivity index (χ0) is 22.3. The first-order chi connectivity index (χ1) is 15.4. The van der Waals surface area contributed by atoms with Gasteiger partial charge in [0, 0.05) is 42.9 Å². The van der Waals surface area contributed by atoms with Crippen molar-refractivity contribution in [3.8, 4) is 5.75 Å². The summed E-state index contributed by atoms with van der Waals surface area (Å²) in [4.78, 5) is 26.5. The van der Waals surface area contributed by atoms with E-state index in [1.807, 2.05) is 37.3 Å². The van der Waals surface area contributed by atoms with Crippen molar-refractivity contribution >= 4 is 33.3 Å². The number of carbonyl (C=O) groups is 2. The molecule has 0 radical (unpaired) electrons. The molecule has 1 atom stereocenters. The number of Topliss-reactive ketones (excluding diaryl/α,β-unsaturated/α-hetero) is 2. The molecule has 1 aliphatic carbocycles. The van der Waals surface area contributed by atoms with Gasteiger partial charge in [0.1, 0.15) is 29.5 Å². The van der Waals surface area contributed by atoms with Gasteiger partial charge in [0.05, 0.1) is 18.3 Å². The number of aliphatic hydroxyl groups is 1. The maximum absolute atomic E-state index is 12.5. The average Bonchev–Trinajstić information content (AvgIpc) is 3.19. The highest BCUT2D eigenvalue weighted by Crippen LogP contribution is 2.39. The minimum atomic E-state index is -0.537. The number of likely N-dealkylation sites (tertiary alicyclic amines) is 1. The first-order valence-corrected chi connectivity index (χ1v) is 11.5. The van der Waals surface area contributed by atoms with Crippen molar-refractivity contribution in [3.05, 3.63) is 42.2 Å². The number of furan rings is 1. The second kappa shape index (κ2) is 8.34. The first kappa shape index (κ1) is 21.2. The van der Waals surface area contributed by atoms with Crippen molar-refractivity contribution in [3.63, 3.8) is 0 Å². The number of hydrogen-bond acceptors (Lipinski definition) is 6. The van der Waals surface area contributed by atoms with Crippen LogP contribution < -0.4 is 4.74 Å². The van der Waals surface area contributed by atoms with Crippen LogP contribution in [-0.4, -0.2) is 53.4 Å². The molecule has 3 aromatic rings. The lowest BCUT2D eigenvalue weighted by Gasteiger charge is -2.35. The van der Waals surface area contributed by atoms with Gasteiger partial charge in [-0.25, -0.2) is 0 Å². The van der Waals surface area contributed by atoms with E-state index in [0.717, 1.165) is 65.5 Å².